The van der Waals surface area contributed by atoms with Gasteiger partial charge in [-0.1, -0.05) is 26.0 Å². The van der Waals surface area contributed by atoms with Crippen LogP contribution in [0.3, 0.4) is 0 Å². The van der Waals surface area contributed by atoms with E-state index in [1.165, 1.54) is 5.57 Å². The Morgan fingerprint density at radius 3 is 2.05 bits per heavy atom. The van der Waals surface area contributed by atoms with Gasteiger partial charge in [-0.3, -0.25) is 0 Å². The fourth-order valence-electron chi connectivity index (χ4n) is 2.29. The van der Waals surface area contributed by atoms with E-state index in [0.717, 1.165) is 24.9 Å². The Hall–Kier alpha value is -1.68. The van der Waals surface area contributed by atoms with E-state index >= 15 is 0 Å². The minimum absolute atomic E-state index is 0.191. The number of hydrogen-bond donors (Lipinski definition) is 1. The summed E-state index contributed by atoms with van der Waals surface area (Å²) in [5.41, 5.74) is 2.33. The Labute approximate surface area is 128 Å². The molecule has 0 aromatic heterocycles. The molecule has 0 saturated heterocycles. The monoisotopic (exact) mass is 293 g/mol. The van der Waals surface area contributed by atoms with Crippen LogP contribution in [0.4, 0.5) is 0 Å². The maximum absolute atomic E-state index is 5.42. The van der Waals surface area contributed by atoms with E-state index in [0.29, 0.717) is 17.2 Å². The summed E-state index contributed by atoms with van der Waals surface area (Å²) in [7, 11) is 4.88. The first-order chi connectivity index (χ1) is 10.1. The average molecular weight is 293 g/mol. The predicted octanol–water partition coefficient (Wildman–Crippen LogP) is 3.72. The molecule has 0 bridgehead atoms. The summed E-state index contributed by atoms with van der Waals surface area (Å²) in [4.78, 5) is 0. The number of ether oxygens (including phenoxy) is 3. The van der Waals surface area contributed by atoms with Crippen molar-refractivity contribution in [2.24, 2.45) is 0 Å². The number of rotatable bonds is 9. The van der Waals surface area contributed by atoms with Crippen molar-refractivity contribution in [2.75, 3.05) is 27.9 Å². The fourth-order valence-corrected chi connectivity index (χ4v) is 2.29. The largest absolute Gasteiger partial charge is 0.493 e. The fraction of sp³-hybridized carbons (Fsp3) is 0.529. The second-order valence-corrected chi connectivity index (χ2v) is 4.88. The van der Waals surface area contributed by atoms with Crippen LogP contribution in [0.25, 0.3) is 0 Å². The minimum Gasteiger partial charge on any atom is -0.493 e. The van der Waals surface area contributed by atoms with Gasteiger partial charge in [-0.25, -0.2) is 0 Å². The molecule has 1 N–H and O–H groups in total. The molecule has 0 amide bonds. The molecule has 0 saturated carbocycles. The van der Waals surface area contributed by atoms with Crippen molar-refractivity contribution in [2.45, 2.75) is 32.7 Å². The van der Waals surface area contributed by atoms with Gasteiger partial charge in [-0.2, -0.15) is 0 Å². The lowest BCUT2D eigenvalue weighted by Crippen LogP contribution is -2.21. The van der Waals surface area contributed by atoms with Crippen LogP contribution in [0, 0.1) is 0 Å². The Bertz CT molecular complexity index is 446. The first-order valence-electron chi connectivity index (χ1n) is 7.31. The number of hydrogen-bond acceptors (Lipinski definition) is 4. The standard InChI is InChI=1S/C17H27NO3/c1-7-12(3)9-14(18-8-2)13-10-15(19-4)17(21-6)16(11-13)20-5/h10-11,14,18H,3,7-9H2,1-2,4-6H3. The molecule has 1 unspecified atom stereocenters. The lowest BCUT2D eigenvalue weighted by atomic mass is 9.97. The molecule has 4 heteroatoms. The first kappa shape index (κ1) is 17.4. The van der Waals surface area contributed by atoms with Gasteiger partial charge in [0.15, 0.2) is 11.5 Å². The summed E-state index contributed by atoms with van der Waals surface area (Å²) in [5.74, 6) is 1.97. The van der Waals surface area contributed by atoms with Crippen LogP contribution >= 0.6 is 0 Å². The second kappa shape index (κ2) is 8.57. The summed E-state index contributed by atoms with van der Waals surface area (Å²) >= 11 is 0. The van der Waals surface area contributed by atoms with Crippen LogP contribution in [0.15, 0.2) is 24.3 Å². The van der Waals surface area contributed by atoms with E-state index in [1.807, 2.05) is 12.1 Å². The molecule has 0 aliphatic heterocycles. The van der Waals surface area contributed by atoms with Gasteiger partial charge in [-0.15, -0.1) is 0 Å². The molecule has 1 rings (SSSR count). The maximum atomic E-state index is 5.42. The molecule has 1 aromatic rings. The highest BCUT2D eigenvalue weighted by atomic mass is 16.5. The highest BCUT2D eigenvalue weighted by Crippen LogP contribution is 2.40. The van der Waals surface area contributed by atoms with Gasteiger partial charge in [0.25, 0.3) is 0 Å². The van der Waals surface area contributed by atoms with Crippen LogP contribution in [0.1, 0.15) is 38.3 Å². The van der Waals surface area contributed by atoms with Crippen LogP contribution in [0.5, 0.6) is 17.2 Å². The third-order valence-corrected chi connectivity index (χ3v) is 3.53. The van der Waals surface area contributed by atoms with E-state index in [9.17, 15) is 0 Å². The molecule has 1 aromatic carbocycles. The van der Waals surface area contributed by atoms with E-state index in [2.05, 4.69) is 25.7 Å². The van der Waals surface area contributed by atoms with Crippen LogP contribution in [-0.2, 0) is 0 Å². The van der Waals surface area contributed by atoms with Crippen LogP contribution in [0.2, 0.25) is 0 Å². The van der Waals surface area contributed by atoms with Gasteiger partial charge < -0.3 is 19.5 Å². The minimum atomic E-state index is 0.191. The van der Waals surface area contributed by atoms with Gasteiger partial charge in [0.05, 0.1) is 21.3 Å². The summed E-state index contributed by atoms with van der Waals surface area (Å²) in [6.07, 6.45) is 1.87. The Balaban J connectivity index is 3.21. The highest BCUT2D eigenvalue weighted by Gasteiger charge is 2.18. The van der Waals surface area contributed by atoms with Crippen LogP contribution in [-0.4, -0.2) is 27.9 Å². The summed E-state index contributed by atoms with van der Waals surface area (Å²) in [6, 6.07) is 4.19. The number of methoxy groups -OCH3 is 3. The zero-order chi connectivity index (χ0) is 15.8. The predicted molar refractivity (Wildman–Crippen MR) is 86.6 cm³/mol. The highest BCUT2D eigenvalue weighted by molar-refractivity contribution is 5.54. The van der Waals surface area contributed by atoms with Gasteiger partial charge in [0.1, 0.15) is 0 Å². The lowest BCUT2D eigenvalue weighted by molar-refractivity contribution is 0.323. The molecule has 0 aliphatic rings. The second-order valence-electron chi connectivity index (χ2n) is 4.88. The van der Waals surface area contributed by atoms with Crippen molar-refractivity contribution in [3.05, 3.63) is 29.8 Å². The number of benzene rings is 1. The van der Waals surface area contributed by atoms with Crippen molar-refractivity contribution < 1.29 is 14.2 Å². The summed E-state index contributed by atoms with van der Waals surface area (Å²) in [5, 5.41) is 3.49. The van der Waals surface area contributed by atoms with Crippen molar-refractivity contribution in [3.63, 3.8) is 0 Å². The van der Waals surface area contributed by atoms with E-state index < -0.39 is 0 Å². The van der Waals surface area contributed by atoms with Crippen molar-refractivity contribution in [3.8, 4) is 17.2 Å². The third kappa shape index (κ3) is 4.39. The van der Waals surface area contributed by atoms with Gasteiger partial charge >= 0.3 is 0 Å². The SMILES string of the molecule is C=C(CC)CC(NCC)c1cc(OC)c(OC)c(OC)c1. The molecule has 1 atom stereocenters. The molecule has 0 spiro atoms. The van der Waals surface area contributed by atoms with Crippen molar-refractivity contribution in [1.82, 2.24) is 5.32 Å². The maximum Gasteiger partial charge on any atom is 0.203 e. The third-order valence-electron chi connectivity index (χ3n) is 3.53. The topological polar surface area (TPSA) is 39.7 Å². The Morgan fingerprint density at radius 2 is 1.67 bits per heavy atom. The average Bonchev–Trinajstić information content (AvgIpc) is 2.52. The Kier molecular flexibility index (Phi) is 7.09. The quantitative estimate of drug-likeness (QED) is 0.704. The molecule has 118 valence electrons. The molecule has 0 heterocycles. The summed E-state index contributed by atoms with van der Waals surface area (Å²) < 4.78 is 16.2. The smallest absolute Gasteiger partial charge is 0.203 e. The molecule has 0 radical (unpaired) electrons. The molecule has 0 fully saturated rings. The van der Waals surface area contributed by atoms with E-state index in [4.69, 9.17) is 14.2 Å². The lowest BCUT2D eigenvalue weighted by Gasteiger charge is -2.22. The number of nitrogens with one attached hydrogen (secondary N) is 1. The normalized spacial score (nSPS) is 11.9. The van der Waals surface area contributed by atoms with Crippen molar-refractivity contribution >= 4 is 0 Å². The Morgan fingerprint density at radius 1 is 1.10 bits per heavy atom. The van der Waals surface area contributed by atoms with Gasteiger partial charge in [0, 0.05) is 6.04 Å². The molecule has 21 heavy (non-hydrogen) atoms. The molecular weight excluding hydrogens is 266 g/mol. The zero-order valence-corrected chi connectivity index (χ0v) is 13.8. The first-order valence-corrected chi connectivity index (χ1v) is 7.31. The molecule has 4 nitrogen and oxygen atoms in total. The van der Waals surface area contributed by atoms with Gasteiger partial charge in [-0.05, 0) is 37.1 Å². The van der Waals surface area contributed by atoms with Crippen LogP contribution < -0.4 is 19.5 Å². The zero-order valence-electron chi connectivity index (χ0n) is 13.8. The van der Waals surface area contributed by atoms with E-state index in [1.54, 1.807) is 21.3 Å². The summed E-state index contributed by atoms with van der Waals surface area (Å²) in [6.45, 7) is 9.22. The van der Waals surface area contributed by atoms with Gasteiger partial charge in [0.2, 0.25) is 5.75 Å². The molecule has 0 aliphatic carbocycles. The van der Waals surface area contributed by atoms with E-state index in [-0.39, 0.29) is 6.04 Å². The van der Waals surface area contributed by atoms with Crippen molar-refractivity contribution in [1.29, 1.82) is 0 Å². The molecular formula is C17H27NO3.